The highest BCUT2D eigenvalue weighted by Gasteiger charge is 2.33. The Hall–Kier alpha value is -4.48. The fraction of sp³-hybridized carbons (Fsp3) is 0.375. The molecule has 0 radical (unpaired) electrons. The van der Waals surface area contributed by atoms with Crippen molar-refractivity contribution in [2.45, 2.75) is 32.5 Å². The molecule has 11 heteroatoms. The van der Waals surface area contributed by atoms with Crippen LogP contribution in [0.5, 0.6) is 23.0 Å². The maximum absolute atomic E-state index is 13.8. The summed E-state index contributed by atoms with van der Waals surface area (Å²) in [5, 5.41) is 15.5. The first-order chi connectivity index (χ1) is 20.7. The van der Waals surface area contributed by atoms with Crippen LogP contribution in [0.3, 0.4) is 0 Å². The topological polar surface area (TPSA) is 122 Å². The fourth-order valence-corrected chi connectivity index (χ4v) is 5.20. The SMILES string of the molecule is COc1ccc(CN(C)C[C@@H]2Oc3ccc(NC(=O)Nc4ccc5c(c4)OCO5)cc3C(=O)N([C@H](C)CO)C[C@H]2C)cc1. The number of amides is 3. The number of urea groups is 1. The van der Waals surface area contributed by atoms with Crippen molar-refractivity contribution >= 4 is 23.3 Å². The summed E-state index contributed by atoms with van der Waals surface area (Å²) < 4.78 is 22.5. The van der Waals surface area contributed by atoms with Gasteiger partial charge in [0.1, 0.15) is 17.6 Å². The Morgan fingerprint density at radius 1 is 1.05 bits per heavy atom. The number of carbonyl (C=O) groups is 2. The molecule has 0 saturated heterocycles. The molecule has 5 rings (SSSR count). The number of ether oxygens (including phenoxy) is 4. The maximum atomic E-state index is 13.8. The number of rotatable bonds is 9. The second-order valence-electron chi connectivity index (χ2n) is 11.0. The standard InChI is InChI=1S/C32H38N4O7/c1-20-15-36(21(2)18-37)31(38)26-13-23(33-32(39)34-24-8-12-28-29(14-24)42-19-41-28)7-11-27(26)43-30(20)17-35(3)16-22-5-9-25(40-4)10-6-22/h5-14,20-21,30,37H,15-19H2,1-4H3,(H2,33,34,39)/t20-,21-,30+/m1/s1. The molecule has 228 valence electrons. The Bertz CT molecular complexity index is 1450. The number of aliphatic hydroxyl groups excluding tert-OH is 1. The Kier molecular flexibility index (Phi) is 9.22. The van der Waals surface area contributed by atoms with Crippen LogP contribution in [0.2, 0.25) is 0 Å². The molecular formula is C32H38N4O7. The zero-order valence-corrected chi connectivity index (χ0v) is 24.8. The van der Waals surface area contributed by atoms with Crippen molar-refractivity contribution in [2.75, 3.05) is 51.3 Å². The highest BCUT2D eigenvalue weighted by atomic mass is 16.7. The van der Waals surface area contributed by atoms with Gasteiger partial charge in [0.2, 0.25) is 6.79 Å². The molecule has 0 fully saturated rings. The third-order valence-corrected chi connectivity index (χ3v) is 7.66. The molecule has 0 saturated carbocycles. The van der Waals surface area contributed by atoms with Gasteiger partial charge in [-0.1, -0.05) is 19.1 Å². The van der Waals surface area contributed by atoms with Crippen molar-refractivity contribution < 1.29 is 33.6 Å². The predicted octanol–water partition coefficient (Wildman–Crippen LogP) is 4.42. The van der Waals surface area contributed by atoms with Crippen LogP contribution in [0.15, 0.2) is 60.7 Å². The molecule has 0 spiro atoms. The van der Waals surface area contributed by atoms with Crippen molar-refractivity contribution in [2.24, 2.45) is 5.92 Å². The summed E-state index contributed by atoms with van der Waals surface area (Å²) in [4.78, 5) is 30.4. The average Bonchev–Trinajstić information content (AvgIpc) is 3.47. The largest absolute Gasteiger partial charge is 0.497 e. The van der Waals surface area contributed by atoms with Gasteiger partial charge in [0.25, 0.3) is 5.91 Å². The minimum absolute atomic E-state index is 0.0188. The lowest BCUT2D eigenvalue weighted by molar-refractivity contribution is 0.0341. The number of hydrogen-bond donors (Lipinski definition) is 3. The van der Waals surface area contributed by atoms with E-state index in [4.69, 9.17) is 18.9 Å². The van der Waals surface area contributed by atoms with Crippen molar-refractivity contribution in [3.8, 4) is 23.0 Å². The Morgan fingerprint density at radius 2 is 1.72 bits per heavy atom. The monoisotopic (exact) mass is 590 g/mol. The highest BCUT2D eigenvalue weighted by Crippen LogP contribution is 2.34. The van der Waals surface area contributed by atoms with Gasteiger partial charge in [0, 0.05) is 43.0 Å². The van der Waals surface area contributed by atoms with Crippen molar-refractivity contribution in [3.63, 3.8) is 0 Å². The number of hydrogen-bond acceptors (Lipinski definition) is 8. The third-order valence-electron chi connectivity index (χ3n) is 7.66. The van der Waals surface area contributed by atoms with Crippen molar-refractivity contribution in [3.05, 3.63) is 71.8 Å². The van der Waals surface area contributed by atoms with Crippen molar-refractivity contribution in [1.29, 1.82) is 0 Å². The van der Waals surface area contributed by atoms with E-state index in [9.17, 15) is 14.7 Å². The lowest BCUT2D eigenvalue weighted by Crippen LogP contribution is -2.49. The van der Waals surface area contributed by atoms with Gasteiger partial charge in [0.15, 0.2) is 11.5 Å². The van der Waals surface area contributed by atoms with E-state index in [-0.39, 0.29) is 31.3 Å². The number of aliphatic hydroxyl groups is 1. The maximum Gasteiger partial charge on any atom is 0.323 e. The predicted molar refractivity (Wildman–Crippen MR) is 162 cm³/mol. The average molecular weight is 591 g/mol. The lowest BCUT2D eigenvalue weighted by Gasteiger charge is -2.38. The lowest BCUT2D eigenvalue weighted by atomic mass is 9.99. The van der Waals surface area contributed by atoms with Gasteiger partial charge in [-0.15, -0.1) is 0 Å². The van der Waals surface area contributed by atoms with Gasteiger partial charge in [-0.25, -0.2) is 4.79 Å². The zero-order chi connectivity index (χ0) is 30.5. The minimum Gasteiger partial charge on any atom is -0.497 e. The molecule has 0 bridgehead atoms. The van der Waals surface area contributed by atoms with Crippen LogP contribution in [0.25, 0.3) is 0 Å². The number of fused-ring (bicyclic) bond motifs is 2. The first-order valence-corrected chi connectivity index (χ1v) is 14.3. The van der Waals surface area contributed by atoms with E-state index >= 15 is 0 Å². The van der Waals surface area contributed by atoms with Crippen LogP contribution in [0.1, 0.15) is 29.8 Å². The van der Waals surface area contributed by atoms with E-state index in [1.165, 1.54) is 0 Å². The summed E-state index contributed by atoms with van der Waals surface area (Å²) in [5.41, 5.74) is 2.41. The molecule has 3 atom stereocenters. The van der Waals surface area contributed by atoms with E-state index in [1.54, 1.807) is 48.4 Å². The minimum atomic E-state index is -0.481. The van der Waals surface area contributed by atoms with E-state index in [2.05, 4.69) is 22.5 Å². The summed E-state index contributed by atoms with van der Waals surface area (Å²) in [6, 6.07) is 17.2. The molecule has 2 heterocycles. The zero-order valence-electron chi connectivity index (χ0n) is 24.8. The van der Waals surface area contributed by atoms with Crippen LogP contribution in [-0.2, 0) is 6.54 Å². The van der Waals surface area contributed by atoms with Gasteiger partial charge in [-0.3, -0.25) is 9.69 Å². The summed E-state index contributed by atoms with van der Waals surface area (Å²) in [6.07, 6.45) is -0.239. The van der Waals surface area contributed by atoms with Gasteiger partial charge in [-0.2, -0.15) is 0 Å². The number of nitrogens with one attached hydrogen (secondary N) is 2. The second-order valence-corrected chi connectivity index (χ2v) is 11.0. The number of benzene rings is 3. The van der Waals surface area contributed by atoms with Gasteiger partial charge in [-0.05, 0) is 62.0 Å². The number of nitrogens with zero attached hydrogens (tertiary/aromatic N) is 2. The Morgan fingerprint density at radius 3 is 2.42 bits per heavy atom. The van der Waals surface area contributed by atoms with E-state index < -0.39 is 12.1 Å². The first-order valence-electron chi connectivity index (χ1n) is 14.3. The number of likely N-dealkylation sites (N-methyl/N-ethyl adjacent to an activating group) is 1. The molecule has 3 amide bonds. The normalized spacial score (nSPS) is 18.3. The Labute approximate surface area is 251 Å². The van der Waals surface area contributed by atoms with Crippen LogP contribution in [0.4, 0.5) is 16.2 Å². The van der Waals surface area contributed by atoms with Crippen LogP contribution in [0, 0.1) is 5.92 Å². The molecule has 0 aromatic heterocycles. The summed E-state index contributed by atoms with van der Waals surface area (Å²) in [7, 11) is 3.68. The summed E-state index contributed by atoms with van der Waals surface area (Å²) in [6.45, 7) is 5.56. The summed E-state index contributed by atoms with van der Waals surface area (Å²) >= 11 is 0. The number of anilines is 2. The van der Waals surface area contributed by atoms with Gasteiger partial charge in [0.05, 0.1) is 25.3 Å². The molecule has 43 heavy (non-hydrogen) atoms. The smallest absolute Gasteiger partial charge is 0.323 e. The van der Waals surface area contributed by atoms with Crippen molar-refractivity contribution in [1.82, 2.24) is 9.80 Å². The number of carbonyl (C=O) groups excluding carboxylic acids is 2. The van der Waals surface area contributed by atoms with Gasteiger partial charge < -0.3 is 39.6 Å². The molecule has 2 aliphatic heterocycles. The third kappa shape index (κ3) is 7.12. The Balaban J connectivity index is 1.33. The van der Waals surface area contributed by atoms with Crippen LogP contribution < -0.4 is 29.6 Å². The quantitative estimate of drug-likeness (QED) is 0.335. The molecule has 0 aliphatic carbocycles. The van der Waals surface area contributed by atoms with E-state index in [0.717, 1.165) is 11.3 Å². The van der Waals surface area contributed by atoms with Crippen LogP contribution >= 0.6 is 0 Å². The van der Waals surface area contributed by atoms with E-state index in [0.29, 0.717) is 53.8 Å². The first kappa shape index (κ1) is 30.0. The highest BCUT2D eigenvalue weighted by molar-refractivity contribution is 6.02. The molecule has 3 aromatic carbocycles. The molecular weight excluding hydrogens is 552 g/mol. The molecule has 2 aliphatic rings. The molecule has 0 unspecified atom stereocenters. The fourth-order valence-electron chi connectivity index (χ4n) is 5.20. The van der Waals surface area contributed by atoms with Crippen LogP contribution in [-0.4, -0.2) is 79.6 Å². The summed E-state index contributed by atoms with van der Waals surface area (Å²) in [5.74, 6) is 2.12. The second kappa shape index (κ2) is 13.2. The van der Waals surface area contributed by atoms with Gasteiger partial charge >= 0.3 is 6.03 Å². The molecule has 3 N–H and O–H groups in total. The van der Waals surface area contributed by atoms with E-state index in [1.807, 2.05) is 38.2 Å². The molecule has 3 aromatic rings. The molecule has 11 nitrogen and oxygen atoms in total. The number of methoxy groups -OCH3 is 1.